The molecule has 0 atom stereocenters. The van der Waals surface area contributed by atoms with Crippen LogP contribution in [0.4, 0.5) is 0 Å². The molecule has 4 rings (SSSR count). The average molecular weight is 463 g/mol. The first kappa shape index (κ1) is 22.8. The molecule has 2 aromatic carbocycles. The van der Waals surface area contributed by atoms with Crippen LogP contribution in [0.15, 0.2) is 66.7 Å². The number of nitrogens with zero attached hydrogens (tertiary/aromatic N) is 3. The van der Waals surface area contributed by atoms with Crippen LogP contribution in [-0.2, 0) is 11.3 Å². The Morgan fingerprint density at radius 1 is 1.06 bits per heavy atom. The van der Waals surface area contributed by atoms with E-state index >= 15 is 0 Å². The molecule has 1 aromatic heterocycles. The summed E-state index contributed by atoms with van der Waals surface area (Å²) in [7, 11) is 0. The number of aromatic nitrogens is 2. The predicted octanol–water partition coefficient (Wildman–Crippen LogP) is 4.33. The monoisotopic (exact) mass is 462 g/mol. The van der Waals surface area contributed by atoms with Crippen molar-refractivity contribution in [3.05, 3.63) is 94.3 Å². The number of hydrogen-bond acceptors (Lipinski definition) is 3. The highest BCUT2D eigenvalue weighted by atomic mass is 35.5. The molecular formula is C26H27ClN4O2. The molecule has 33 heavy (non-hydrogen) atoms. The minimum absolute atomic E-state index is 0.0610. The van der Waals surface area contributed by atoms with Gasteiger partial charge >= 0.3 is 0 Å². The van der Waals surface area contributed by atoms with Crippen molar-refractivity contribution < 1.29 is 9.59 Å². The topological polar surface area (TPSA) is 67.2 Å². The number of aryl methyl sites for hydroxylation is 1. The van der Waals surface area contributed by atoms with Gasteiger partial charge in [-0.15, -0.1) is 0 Å². The van der Waals surface area contributed by atoms with Crippen molar-refractivity contribution in [3.8, 4) is 0 Å². The molecule has 0 saturated carbocycles. The Labute approximate surface area is 198 Å². The third-order valence-electron chi connectivity index (χ3n) is 5.85. The molecule has 0 radical (unpaired) electrons. The van der Waals surface area contributed by atoms with Gasteiger partial charge < -0.3 is 10.2 Å². The van der Waals surface area contributed by atoms with Crippen molar-refractivity contribution in [1.82, 2.24) is 20.0 Å². The third kappa shape index (κ3) is 5.71. The van der Waals surface area contributed by atoms with E-state index in [2.05, 4.69) is 10.4 Å². The molecule has 0 bridgehead atoms. The highest BCUT2D eigenvalue weighted by molar-refractivity contribution is 6.31. The molecule has 7 heteroatoms. The Kier molecular flexibility index (Phi) is 7.25. The van der Waals surface area contributed by atoms with Gasteiger partial charge in [0.25, 0.3) is 5.91 Å². The zero-order chi connectivity index (χ0) is 23.2. The fraction of sp³-hybridized carbons (Fsp3) is 0.269. The second-order valence-corrected chi connectivity index (χ2v) is 8.56. The lowest BCUT2D eigenvalue weighted by molar-refractivity contribution is -0.126. The van der Waals surface area contributed by atoms with Crippen molar-refractivity contribution in [1.29, 1.82) is 0 Å². The first-order chi connectivity index (χ1) is 16.0. The molecule has 0 spiro atoms. The number of likely N-dealkylation sites (tertiary alicyclic amines) is 1. The van der Waals surface area contributed by atoms with E-state index in [1.807, 2.05) is 55.5 Å². The van der Waals surface area contributed by atoms with Gasteiger partial charge in [-0.3, -0.25) is 9.59 Å². The lowest BCUT2D eigenvalue weighted by atomic mass is 10.0. The van der Waals surface area contributed by atoms with E-state index in [0.717, 1.165) is 29.7 Å². The second kappa shape index (κ2) is 10.5. The average Bonchev–Trinajstić information content (AvgIpc) is 3.11. The van der Waals surface area contributed by atoms with Crippen LogP contribution in [0.1, 0.15) is 40.0 Å². The van der Waals surface area contributed by atoms with E-state index in [9.17, 15) is 9.59 Å². The Hall–Kier alpha value is -3.38. The molecule has 1 N–H and O–H groups in total. The van der Waals surface area contributed by atoms with Gasteiger partial charge in [0.05, 0.1) is 12.2 Å². The zero-order valence-corrected chi connectivity index (χ0v) is 19.3. The SMILES string of the molecule is Cc1nn(Cc2ccccc2)c(Cl)c1/C=C/C(=O)N1CCC(NC(=O)c2ccccc2)CC1. The standard InChI is InChI=1S/C26H27ClN4O2/c1-19-23(25(27)31(29-19)18-20-8-4-2-5-9-20)12-13-24(32)30-16-14-22(15-17-30)28-26(33)21-10-6-3-7-11-21/h2-13,22H,14-18H2,1H3,(H,28,33)/b13-12+. The number of nitrogens with one attached hydrogen (secondary N) is 1. The summed E-state index contributed by atoms with van der Waals surface area (Å²) in [6.07, 6.45) is 4.77. The lowest BCUT2D eigenvalue weighted by Crippen LogP contribution is -2.46. The van der Waals surface area contributed by atoms with Crippen molar-refractivity contribution >= 4 is 29.5 Å². The number of hydrogen-bond donors (Lipinski definition) is 1. The summed E-state index contributed by atoms with van der Waals surface area (Å²) < 4.78 is 1.75. The molecule has 1 fully saturated rings. The van der Waals surface area contributed by atoms with Crippen LogP contribution >= 0.6 is 11.6 Å². The quantitative estimate of drug-likeness (QED) is 0.554. The molecular weight excluding hydrogens is 436 g/mol. The molecule has 0 unspecified atom stereocenters. The number of rotatable bonds is 6. The van der Waals surface area contributed by atoms with E-state index in [-0.39, 0.29) is 17.9 Å². The molecule has 1 saturated heterocycles. The number of carbonyl (C=O) groups is 2. The normalized spacial score (nSPS) is 14.5. The summed E-state index contributed by atoms with van der Waals surface area (Å²) in [5.74, 6) is -0.132. The first-order valence-corrected chi connectivity index (χ1v) is 11.5. The Bertz CT molecular complexity index is 1130. The van der Waals surface area contributed by atoms with Gasteiger partial charge in [0.2, 0.25) is 5.91 Å². The number of piperidine rings is 1. The Morgan fingerprint density at radius 3 is 2.36 bits per heavy atom. The van der Waals surface area contributed by atoms with Crippen LogP contribution in [0, 0.1) is 6.92 Å². The van der Waals surface area contributed by atoms with Gasteiger partial charge in [0.15, 0.2) is 0 Å². The van der Waals surface area contributed by atoms with Crippen molar-refractivity contribution in [2.75, 3.05) is 13.1 Å². The molecule has 0 aliphatic carbocycles. The number of halogens is 1. The number of carbonyl (C=O) groups excluding carboxylic acids is 2. The van der Waals surface area contributed by atoms with Crippen LogP contribution in [0.5, 0.6) is 0 Å². The summed E-state index contributed by atoms with van der Waals surface area (Å²) in [5.41, 5.74) is 3.29. The summed E-state index contributed by atoms with van der Waals surface area (Å²) in [5, 5.41) is 8.11. The maximum absolute atomic E-state index is 12.7. The summed E-state index contributed by atoms with van der Waals surface area (Å²) in [6.45, 7) is 3.66. The van der Waals surface area contributed by atoms with E-state index in [0.29, 0.717) is 30.4 Å². The van der Waals surface area contributed by atoms with E-state index < -0.39 is 0 Å². The number of benzene rings is 2. The summed E-state index contributed by atoms with van der Waals surface area (Å²) in [6, 6.07) is 19.2. The third-order valence-corrected chi connectivity index (χ3v) is 6.25. The molecule has 3 aromatic rings. The van der Waals surface area contributed by atoms with E-state index in [1.54, 1.807) is 33.9 Å². The highest BCUT2D eigenvalue weighted by Crippen LogP contribution is 2.23. The fourth-order valence-corrected chi connectivity index (χ4v) is 4.28. The number of amides is 2. The van der Waals surface area contributed by atoms with Crippen LogP contribution in [-0.4, -0.2) is 45.6 Å². The molecule has 2 amide bonds. The molecule has 1 aliphatic rings. The van der Waals surface area contributed by atoms with E-state index in [1.165, 1.54) is 0 Å². The molecule has 6 nitrogen and oxygen atoms in total. The molecule has 2 heterocycles. The highest BCUT2D eigenvalue weighted by Gasteiger charge is 2.23. The van der Waals surface area contributed by atoms with Gasteiger partial charge in [0.1, 0.15) is 5.15 Å². The van der Waals surface area contributed by atoms with Crippen LogP contribution in [0.2, 0.25) is 5.15 Å². The molecule has 170 valence electrons. The summed E-state index contributed by atoms with van der Waals surface area (Å²) >= 11 is 6.55. The minimum atomic E-state index is -0.0714. The van der Waals surface area contributed by atoms with Gasteiger partial charge in [-0.1, -0.05) is 60.1 Å². The summed E-state index contributed by atoms with van der Waals surface area (Å²) in [4.78, 5) is 26.9. The Balaban J connectivity index is 1.32. The largest absolute Gasteiger partial charge is 0.349 e. The van der Waals surface area contributed by atoms with Gasteiger partial charge in [-0.25, -0.2) is 4.68 Å². The second-order valence-electron chi connectivity index (χ2n) is 8.21. The van der Waals surface area contributed by atoms with Crippen LogP contribution in [0.25, 0.3) is 6.08 Å². The maximum atomic E-state index is 12.7. The Morgan fingerprint density at radius 2 is 1.70 bits per heavy atom. The van der Waals surface area contributed by atoms with Crippen LogP contribution < -0.4 is 5.32 Å². The zero-order valence-electron chi connectivity index (χ0n) is 18.6. The fourth-order valence-electron chi connectivity index (χ4n) is 3.98. The lowest BCUT2D eigenvalue weighted by Gasteiger charge is -2.31. The van der Waals surface area contributed by atoms with E-state index in [4.69, 9.17) is 11.6 Å². The molecule has 1 aliphatic heterocycles. The van der Waals surface area contributed by atoms with Crippen molar-refractivity contribution in [2.24, 2.45) is 0 Å². The predicted molar refractivity (Wildman–Crippen MR) is 130 cm³/mol. The minimum Gasteiger partial charge on any atom is -0.349 e. The maximum Gasteiger partial charge on any atom is 0.251 e. The van der Waals surface area contributed by atoms with Gasteiger partial charge in [0, 0.05) is 36.3 Å². The van der Waals surface area contributed by atoms with Crippen molar-refractivity contribution in [2.45, 2.75) is 32.4 Å². The smallest absolute Gasteiger partial charge is 0.251 e. The van der Waals surface area contributed by atoms with Crippen molar-refractivity contribution in [3.63, 3.8) is 0 Å². The van der Waals surface area contributed by atoms with Gasteiger partial charge in [-0.05, 0) is 43.5 Å². The van der Waals surface area contributed by atoms with Gasteiger partial charge in [-0.2, -0.15) is 5.10 Å². The first-order valence-electron chi connectivity index (χ1n) is 11.1. The van der Waals surface area contributed by atoms with Crippen LogP contribution in [0.3, 0.4) is 0 Å².